The van der Waals surface area contributed by atoms with E-state index in [4.69, 9.17) is 0 Å². The highest BCUT2D eigenvalue weighted by Gasteiger charge is 1.97. The molecule has 0 aliphatic rings. The van der Waals surface area contributed by atoms with Crippen molar-refractivity contribution in [1.82, 2.24) is 15.3 Å². The first-order valence-electron chi connectivity index (χ1n) is 6.31. The molecule has 0 spiro atoms. The first-order valence-corrected chi connectivity index (χ1v) is 6.31. The van der Waals surface area contributed by atoms with Gasteiger partial charge in [0.15, 0.2) is 0 Å². The predicted octanol–water partition coefficient (Wildman–Crippen LogP) is 1.71. The molecule has 0 aliphatic carbocycles. The second-order valence-corrected chi connectivity index (χ2v) is 3.95. The van der Waals surface area contributed by atoms with Crippen molar-refractivity contribution in [3.05, 3.63) is 12.4 Å². The Labute approximate surface area is 103 Å². The van der Waals surface area contributed by atoms with Gasteiger partial charge in [-0.25, -0.2) is 9.97 Å². The van der Waals surface area contributed by atoms with Gasteiger partial charge in [-0.15, -0.1) is 0 Å². The van der Waals surface area contributed by atoms with E-state index in [0.29, 0.717) is 0 Å². The van der Waals surface area contributed by atoms with Crippen LogP contribution in [0, 0.1) is 0 Å². The van der Waals surface area contributed by atoms with Gasteiger partial charge in [0.2, 0.25) is 0 Å². The zero-order valence-corrected chi connectivity index (χ0v) is 10.8. The third-order valence-electron chi connectivity index (χ3n) is 2.43. The maximum Gasteiger partial charge on any atom is 0.131 e. The summed E-state index contributed by atoms with van der Waals surface area (Å²) < 4.78 is 0. The molecule has 0 bridgehead atoms. The van der Waals surface area contributed by atoms with E-state index in [9.17, 15) is 0 Å². The first kappa shape index (κ1) is 13.7. The average Bonchev–Trinajstić information content (AvgIpc) is 2.36. The highest BCUT2D eigenvalue weighted by Crippen LogP contribution is 2.08. The predicted molar refractivity (Wildman–Crippen MR) is 72.5 cm³/mol. The number of aromatic nitrogens is 2. The standard InChI is InChI=1S/C12H23N5/c1-3-4-5-6-14-11-9-12(17-10-16-11)15-8-7-13-2/h9-10,13H,3-8H2,1-2H3,(H2,14,15,16,17). The summed E-state index contributed by atoms with van der Waals surface area (Å²) in [7, 11) is 1.93. The van der Waals surface area contributed by atoms with Crippen molar-refractivity contribution in [2.45, 2.75) is 26.2 Å². The quantitative estimate of drug-likeness (QED) is 0.571. The van der Waals surface area contributed by atoms with E-state index in [0.717, 1.165) is 31.3 Å². The highest BCUT2D eigenvalue weighted by molar-refractivity contribution is 5.46. The maximum atomic E-state index is 4.19. The first-order chi connectivity index (χ1) is 8.36. The summed E-state index contributed by atoms with van der Waals surface area (Å²) in [5.41, 5.74) is 0. The summed E-state index contributed by atoms with van der Waals surface area (Å²) in [6.45, 7) is 4.96. The van der Waals surface area contributed by atoms with Crippen LogP contribution >= 0.6 is 0 Å². The third kappa shape index (κ3) is 6.06. The van der Waals surface area contributed by atoms with Crippen LogP contribution < -0.4 is 16.0 Å². The number of anilines is 2. The maximum absolute atomic E-state index is 4.19. The van der Waals surface area contributed by atoms with Gasteiger partial charge in [-0.2, -0.15) is 0 Å². The molecule has 1 aromatic heterocycles. The normalized spacial score (nSPS) is 10.2. The lowest BCUT2D eigenvalue weighted by Crippen LogP contribution is -2.18. The van der Waals surface area contributed by atoms with Gasteiger partial charge in [0.1, 0.15) is 18.0 Å². The van der Waals surface area contributed by atoms with Crippen LogP contribution in [0.1, 0.15) is 26.2 Å². The molecule has 1 heterocycles. The van der Waals surface area contributed by atoms with Crippen molar-refractivity contribution in [3.8, 4) is 0 Å². The molecule has 0 aliphatic heterocycles. The fourth-order valence-corrected chi connectivity index (χ4v) is 1.46. The molecular weight excluding hydrogens is 214 g/mol. The molecule has 0 aromatic carbocycles. The molecule has 0 unspecified atom stereocenters. The van der Waals surface area contributed by atoms with Gasteiger partial charge in [0, 0.05) is 25.7 Å². The second kappa shape index (κ2) is 8.75. The van der Waals surface area contributed by atoms with Crippen molar-refractivity contribution in [3.63, 3.8) is 0 Å². The zero-order valence-electron chi connectivity index (χ0n) is 10.8. The van der Waals surface area contributed by atoms with E-state index < -0.39 is 0 Å². The van der Waals surface area contributed by atoms with Crippen LogP contribution in [0.15, 0.2) is 12.4 Å². The summed E-state index contributed by atoms with van der Waals surface area (Å²) in [5, 5.41) is 9.62. The number of nitrogens with one attached hydrogen (secondary N) is 3. The minimum absolute atomic E-state index is 0.864. The summed E-state index contributed by atoms with van der Waals surface area (Å²) >= 11 is 0. The molecule has 0 amide bonds. The minimum Gasteiger partial charge on any atom is -0.370 e. The molecule has 1 aromatic rings. The molecule has 5 heteroatoms. The van der Waals surface area contributed by atoms with Crippen molar-refractivity contribution in [1.29, 1.82) is 0 Å². The van der Waals surface area contributed by atoms with Gasteiger partial charge in [-0.3, -0.25) is 0 Å². The highest BCUT2D eigenvalue weighted by atomic mass is 15.1. The van der Waals surface area contributed by atoms with E-state index >= 15 is 0 Å². The van der Waals surface area contributed by atoms with Crippen LogP contribution in [0.25, 0.3) is 0 Å². The molecule has 0 saturated heterocycles. The van der Waals surface area contributed by atoms with E-state index in [1.807, 2.05) is 13.1 Å². The third-order valence-corrected chi connectivity index (χ3v) is 2.43. The monoisotopic (exact) mass is 237 g/mol. The fourth-order valence-electron chi connectivity index (χ4n) is 1.46. The largest absolute Gasteiger partial charge is 0.370 e. The number of hydrogen-bond acceptors (Lipinski definition) is 5. The molecule has 0 saturated carbocycles. The number of likely N-dealkylation sites (N-methyl/N-ethyl adjacent to an activating group) is 1. The van der Waals surface area contributed by atoms with Crippen molar-refractivity contribution in [2.75, 3.05) is 37.3 Å². The Morgan fingerprint density at radius 2 is 1.71 bits per heavy atom. The summed E-state index contributed by atoms with van der Waals surface area (Å²) in [6.07, 6.45) is 5.26. The van der Waals surface area contributed by atoms with Gasteiger partial charge in [-0.1, -0.05) is 19.8 Å². The molecular formula is C12H23N5. The molecule has 0 fully saturated rings. The van der Waals surface area contributed by atoms with Crippen LogP contribution in [-0.2, 0) is 0 Å². The summed E-state index contributed by atoms with van der Waals surface area (Å²) in [5.74, 6) is 1.76. The topological polar surface area (TPSA) is 61.9 Å². The van der Waals surface area contributed by atoms with Gasteiger partial charge >= 0.3 is 0 Å². The molecule has 0 atom stereocenters. The Kier molecular flexibility index (Phi) is 7.06. The fraction of sp³-hybridized carbons (Fsp3) is 0.667. The van der Waals surface area contributed by atoms with Crippen molar-refractivity contribution >= 4 is 11.6 Å². The van der Waals surface area contributed by atoms with Crippen LogP contribution in [-0.4, -0.2) is 36.6 Å². The summed E-state index contributed by atoms with van der Waals surface area (Å²) in [6, 6.07) is 1.95. The Morgan fingerprint density at radius 3 is 2.35 bits per heavy atom. The Morgan fingerprint density at radius 1 is 1.00 bits per heavy atom. The SMILES string of the molecule is CCCCCNc1cc(NCCNC)ncn1. The number of unbranched alkanes of at least 4 members (excludes halogenated alkanes) is 2. The van der Waals surface area contributed by atoms with Crippen LogP contribution in [0.4, 0.5) is 11.6 Å². The minimum atomic E-state index is 0.864. The molecule has 96 valence electrons. The molecule has 0 radical (unpaired) electrons. The number of nitrogens with zero attached hydrogens (tertiary/aromatic N) is 2. The molecule has 1 rings (SSSR count). The smallest absolute Gasteiger partial charge is 0.131 e. The number of hydrogen-bond donors (Lipinski definition) is 3. The van der Waals surface area contributed by atoms with Crippen LogP contribution in [0.5, 0.6) is 0 Å². The lowest BCUT2D eigenvalue weighted by atomic mass is 10.2. The van der Waals surface area contributed by atoms with Gasteiger partial charge in [-0.05, 0) is 13.5 Å². The molecule has 17 heavy (non-hydrogen) atoms. The lowest BCUT2D eigenvalue weighted by molar-refractivity contribution is 0.742. The molecule has 3 N–H and O–H groups in total. The van der Waals surface area contributed by atoms with E-state index in [1.54, 1.807) is 6.33 Å². The van der Waals surface area contributed by atoms with Crippen molar-refractivity contribution in [2.24, 2.45) is 0 Å². The zero-order chi connectivity index (χ0) is 12.3. The summed E-state index contributed by atoms with van der Waals surface area (Å²) in [4.78, 5) is 8.35. The van der Waals surface area contributed by atoms with E-state index in [2.05, 4.69) is 32.8 Å². The van der Waals surface area contributed by atoms with Gasteiger partial charge in [0.25, 0.3) is 0 Å². The average molecular weight is 237 g/mol. The number of rotatable bonds is 9. The Balaban J connectivity index is 2.31. The Bertz CT molecular complexity index is 303. The van der Waals surface area contributed by atoms with Gasteiger partial charge < -0.3 is 16.0 Å². The molecule has 5 nitrogen and oxygen atoms in total. The van der Waals surface area contributed by atoms with Crippen molar-refractivity contribution < 1.29 is 0 Å². The van der Waals surface area contributed by atoms with E-state index in [1.165, 1.54) is 19.3 Å². The second-order valence-electron chi connectivity index (χ2n) is 3.95. The lowest BCUT2D eigenvalue weighted by Gasteiger charge is -2.08. The van der Waals surface area contributed by atoms with Crippen LogP contribution in [0.2, 0.25) is 0 Å². The Hall–Kier alpha value is -1.36. The van der Waals surface area contributed by atoms with E-state index in [-0.39, 0.29) is 0 Å². The van der Waals surface area contributed by atoms with Crippen LogP contribution in [0.3, 0.4) is 0 Å². The van der Waals surface area contributed by atoms with Gasteiger partial charge in [0.05, 0.1) is 0 Å².